The van der Waals surface area contributed by atoms with Crippen LogP contribution in [0.1, 0.15) is 51.4 Å². The summed E-state index contributed by atoms with van der Waals surface area (Å²) in [5.41, 5.74) is 0.909. The zero-order valence-electron chi connectivity index (χ0n) is 16.5. The van der Waals surface area contributed by atoms with Crippen LogP contribution in [0.2, 0.25) is 0 Å². The molecule has 4 nitrogen and oxygen atoms in total. The molecule has 2 amide bonds. The normalized spacial score (nSPS) is 33.3. The molecule has 1 aromatic rings. The third-order valence-electron chi connectivity index (χ3n) is 7.39. The molecule has 28 heavy (non-hydrogen) atoms. The zero-order valence-corrected chi connectivity index (χ0v) is 17.3. The van der Waals surface area contributed by atoms with E-state index < -0.39 is 0 Å². The fourth-order valence-electron chi connectivity index (χ4n) is 6.58. The van der Waals surface area contributed by atoms with Crippen LogP contribution in [0.4, 0.5) is 5.69 Å². The second kappa shape index (κ2) is 7.40. The summed E-state index contributed by atoms with van der Waals surface area (Å²) in [5, 5.41) is 3.16. The molecule has 0 atom stereocenters. The van der Waals surface area contributed by atoms with Gasteiger partial charge in [0.15, 0.2) is 0 Å². The first-order valence-corrected chi connectivity index (χ1v) is 11.9. The number of nitrogens with zero attached hydrogens (tertiary/aromatic N) is 1. The van der Waals surface area contributed by atoms with Gasteiger partial charge < -0.3 is 10.2 Å². The van der Waals surface area contributed by atoms with Crippen molar-refractivity contribution in [2.45, 2.75) is 56.3 Å². The second-order valence-corrected chi connectivity index (χ2v) is 10.6. The maximum Gasteiger partial charge on any atom is 0.228 e. The van der Waals surface area contributed by atoms with Crippen LogP contribution in [0, 0.1) is 23.2 Å². The highest BCUT2D eigenvalue weighted by molar-refractivity contribution is 7.99. The Morgan fingerprint density at radius 1 is 1.07 bits per heavy atom. The van der Waals surface area contributed by atoms with E-state index in [1.807, 2.05) is 34.9 Å². The van der Waals surface area contributed by atoms with E-state index in [0.717, 1.165) is 61.4 Å². The Bertz CT molecular complexity index is 742. The SMILES string of the molecule is O=C(CCNC(=O)C12CC3CC(CC(C3)C1)C2)N1CCCSc2ccccc21. The summed E-state index contributed by atoms with van der Waals surface area (Å²) in [4.78, 5) is 29.1. The number of benzene rings is 1. The minimum absolute atomic E-state index is 0.121. The van der Waals surface area contributed by atoms with E-state index in [0.29, 0.717) is 13.0 Å². The molecule has 0 aromatic heterocycles. The van der Waals surface area contributed by atoms with Gasteiger partial charge in [0, 0.05) is 29.8 Å². The molecular weight excluding hydrogens is 368 g/mol. The number of thioether (sulfide) groups is 1. The van der Waals surface area contributed by atoms with E-state index in [1.165, 1.54) is 24.2 Å². The molecule has 0 saturated heterocycles. The number of amides is 2. The van der Waals surface area contributed by atoms with E-state index in [2.05, 4.69) is 11.4 Å². The molecule has 4 saturated carbocycles. The summed E-state index contributed by atoms with van der Waals surface area (Å²) in [6, 6.07) is 8.17. The first-order valence-electron chi connectivity index (χ1n) is 10.9. The van der Waals surface area contributed by atoms with E-state index in [-0.39, 0.29) is 17.2 Å². The fraction of sp³-hybridized carbons (Fsp3) is 0.652. The number of hydrogen-bond acceptors (Lipinski definition) is 3. The fourth-order valence-corrected chi connectivity index (χ4v) is 7.57. The van der Waals surface area contributed by atoms with Crippen LogP contribution < -0.4 is 10.2 Å². The van der Waals surface area contributed by atoms with Crippen molar-refractivity contribution >= 4 is 29.3 Å². The molecule has 1 N–H and O–H groups in total. The largest absolute Gasteiger partial charge is 0.355 e. The summed E-state index contributed by atoms with van der Waals surface area (Å²) in [6.07, 6.45) is 8.66. The number of fused-ring (bicyclic) bond motifs is 1. The van der Waals surface area contributed by atoms with Gasteiger partial charge in [0.2, 0.25) is 11.8 Å². The van der Waals surface area contributed by atoms with Gasteiger partial charge in [-0.05, 0) is 80.6 Å². The summed E-state index contributed by atoms with van der Waals surface area (Å²) in [6.45, 7) is 1.23. The van der Waals surface area contributed by atoms with Gasteiger partial charge in [-0.3, -0.25) is 9.59 Å². The van der Waals surface area contributed by atoms with Crippen molar-refractivity contribution in [2.75, 3.05) is 23.7 Å². The Labute approximate surface area is 171 Å². The monoisotopic (exact) mass is 398 g/mol. The Morgan fingerprint density at radius 3 is 2.46 bits per heavy atom. The average Bonchev–Trinajstić information content (AvgIpc) is 2.89. The maximum absolute atomic E-state index is 13.1. The summed E-state index contributed by atoms with van der Waals surface area (Å²) < 4.78 is 0. The highest BCUT2D eigenvalue weighted by atomic mass is 32.2. The molecule has 1 aliphatic heterocycles. The van der Waals surface area contributed by atoms with Crippen LogP contribution >= 0.6 is 11.8 Å². The third-order valence-corrected chi connectivity index (χ3v) is 8.53. The molecule has 5 aliphatic rings. The van der Waals surface area contributed by atoms with Crippen LogP contribution in [0.5, 0.6) is 0 Å². The van der Waals surface area contributed by atoms with E-state index in [1.54, 1.807) is 0 Å². The Balaban J connectivity index is 1.19. The predicted octanol–water partition coefficient (Wildman–Crippen LogP) is 4.24. The molecule has 1 aromatic carbocycles. The first kappa shape index (κ1) is 18.5. The van der Waals surface area contributed by atoms with Crippen LogP contribution in [-0.2, 0) is 9.59 Å². The minimum Gasteiger partial charge on any atom is -0.355 e. The number of rotatable bonds is 4. The molecule has 150 valence electrons. The lowest BCUT2D eigenvalue weighted by Crippen LogP contribution is -2.53. The molecule has 0 unspecified atom stereocenters. The van der Waals surface area contributed by atoms with Crippen LogP contribution in [-0.4, -0.2) is 30.7 Å². The third kappa shape index (κ3) is 3.36. The molecule has 4 bridgehead atoms. The topological polar surface area (TPSA) is 49.4 Å². The van der Waals surface area contributed by atoms with Crippen LogP contribution in [0.3, 0.4) is 0 Å². The smallest absolute Gasteiger partial charge is 0.228 e. The van der Waals surface area contributed by atoms with Gasteiger partial charge in [0.25, 0.3) is 0 Å². The minimum atomic E-state index is -0.121. The van der Waals surface area contributed by atoms with E-state index >= 15 is 0 Å². The molecular formula is C23H30N2O2S. The quantitative estimate of drug-likeness (QED) is 0.825. The van der Waals surface area contributed by atoms with E-state index in [4.69, 9.17) is 0 Å². The number of hydrogen-bond donors (Lipinski definition) is 1. The lowest BCUT2D eigenvalue weighted by atomic mass is 9.49. The van der Waals surface area contributed by atoms with Crippen LogP contribution in [0.15, 0.2) is 29.2 Å². The second-order valence-electron chi connectivity index (χ2n) is 9.42. The standard InChI is InChI=1S/C23H30N2O2S/c26-21(25-8-3-9-28-20-5-2-1-4-19(20)25)6-7-24-22(27)23-13-16-10-17(14-23)12-18(11-16)15-23/h1-2,4-5,16-18H,3,6-15H2,(H,24,27). The Kier molecular flexibility index (Phi) is 4.90. The summed E-state index contributed by atoms with van der Waals surface area (Å²) in [5.74, 6) is 3.70. The van der Waals surface area contributed by atoms with E-state index in [9.17, 15) is 9.59 Å². The van der Waals surface area contributed by atoms with Gasteiger partial charge in [-0.25, -0.2) is 0 Å². The Morgan fingerprint density at radius 2 is 1.75 bits per heavy atom. The molecule has 4 aliphatic carbocycles. The lowest BCUT2D eigenvalue weighted by Gasteiger charge is -2.55. The van der Waals surface area contributed by atoms with Crippen molar-refractivity contribution in [3.63, 3.8) is 0 Å². The lowest BCUT2D eigenvalue weighted by molar-refractivity contribution is -0.146. The van der Waals surface area contributed by atoms with Gasteiger partial charge in [0.05, 0.1) is 5.69 Å². The number of anilines is 1. The Hall–Kier alpha value is -1.49. The molecule has 0 radical (unpaired) electrons. The van der Waals surface area contributed by atoms with Crippen LogP contribution in [0.25, 0.3) is 0 Å². The van der Waals surface area contributed by atoms with Crippen molar-refractivity contribution in [3.8, 4) is 0 Å². The zero-order chi connectivity index (χ0) is 19.1. The van der Waals surface area contributed by atoms with Gasteiger partial charge >= 0.3 is 0 Å². The number of para-hydroxylation sites is 1. The van der Waals surface area contributed by atoms with Gasteiger partial charge in [-0.15, -0.1) is 11.8 Å². The van der Waals surface area contributed by atoms with Gasteiger partial charge in [0.1, 0.15) is 0 Å². The summed E-state index contributed by atoms with van der Waals surface area (Å²) >= 11 is 1.83. The summed E-state index contributed by atoms with van der Waals surface area (Å²) in [7, 11) is 0. The van der Waals surface area contributed by atoms with Crippen molar-refractivity contribution in [2.24, 2.45) is 23.2 Å². The number of carbonyl (C=O) groups excluding carboxylic acids is 2. The van der Waals surface area contributed by atoms with Gasteiger partial charge in [-0.2, -0.15) is 0 Å². The molecule has 1 heterocycles. The molecule has 0 spiro atoms. The van der Waals surface area contributed by atoms with Gasteiger partial charge in [-0.1, -0.05) is 12.1 Å². The molecule has 6 rings (SSSR count). The number of carbonyl (C=O) groups is 2. The van der Waals surface area contributed by atoms with Crippen molar-refractivity contribution in [3.05, 3.63) is 24.3 Å². The molecule has 4 fully saturated rings. The van der Waals surface area contributed by atoms with Crippen molar-refractivity contribution in [1.82, 2.24) is 5.32 Å². The first-order chi connectivity index (χ1) is 13.6. The maximum atomic E-state index is 13.1. The van der Waals surface area contributed by atoms with Crippen molar-refractivity contribution in [1.29, 1.82) is 0 Å². The highest BCUT2D eigenvalue weighted by Crippen LogP contribution is 2.60. The molecule has 5 heteroatoms. The van der Waals surface area contributed by atoms with Crippen molar-refractivity contribution < 1.29 is 9.59 Å². The average molecular weight is 399 g/mol. The predicted molar refractivity (Wildman–Crippen MR) is 112 cm³/mol. The highest BCUT2D eigenvalue weighted by Gasteiger charge is 2.54. The number of nitrogens with one attached hydrogen (secondary N) is 1.